The molecule has 0 aliphatic heterocycles. The largest absolute Gasteiger partial charge is 0.396 e. The maximum Gasteiger partial charge on any atom is 0.253 e. The first kappa shape index (κ1) is 15.3. The van der Waals surface area contributed by atoms with Crippen molar-refractivity contribution in [2.45, 2.75) is 26.8 Å². The lowest BCUT2D eigenvalue weighted by Gasteiger charge is -2.09. The number of carbonyl (C=O) groups is 1. The topological polar surface area (TPSA) is 67.2 Å². The normalized spacial score (nSPS) is 10.6. The predicted octanol–water partition coefficient (Wildman–Crippen LogP) is 1.66. The minimum Gasteiger partial charge on any atom is -0.396 e. The number of hydrogen-bond acceptors (Lipinski definition) is 3. The monoisotopic (exact) mass is 287 g/mol. The van der Waals surface area contributed by atoms with Gasteiger partial charge in [-0.2, -0.15) is 0 Å². The third-order valence-corrected chi connectivity index (χ3v) is 3.48. The summed E-state index contributed by atoms with van der Waals surface area (Å²) in [6, 6.07) is 7.71. The number of nitrogens with one attached hydrogen (secondary N) is 1. The average molecular weight is 287 g/mol. The molecule has 2 aromatic heterocycles. The first-order valence-corrected chi connectivity index (χ1v) is 7.09. The zero-order valence-corrected chi connectivity index (χ0v) is 12.5. The van der Waals surface area contributed by atoms with E-state index in [9.17, 15) is 4.79 Å². The van der Waals surface area contributed by atoms with Crippen molar-refractivity contribution in [1.29, 1.82) is 0 Å². The smallest absolute Gasteiger partial charge is 0.253 e. The summed E-state index contributed by atoms with van der Waals surface area (Å²) >= 11 is 0. The van der Waals surface area contributed by atoms with Gasteiger partial charge in [0.05, 0.1) is 17.8 Å². The SMILES string of the molecule is Cc1cc(C(=O)NCCCO)c(C)n1Cc1ccccn1. The van der Waals surface area contributed by atoms with E-state index in [1.165, 1.54) is 0 Å². The van der Waals surface area contributed by atoms with Crippen LogP contribution in [0.15, 0.2) is 30.5 Å². The van der Waals surface area contributed by atoms with Gasteiger partial charge in [0.1, 0.15) is 0 Å². The van der Waals surface area contributed by atoms with E-state index in [2.05, 4.69) is 14.9 Å². The number of amides is 1. The molecule has 0 fully saturated rings. The van der Waals surface area contributed by atoms with Gasteiger partial charge in [-0.05, 0) is 38.5 Å². The third kappa shape index (κ3) is 3.70. The summed E-state index contributed by atoms with van der Waals surface area (Å²) in [5, 5.41) is 11.6. The lowest BCUT2D eigenvalue weighted by molar-refractivity contribution is 0.0950. The zero-order chi connectivity index (χ0) is 15.2. The summed E-state index contributed by atoms with van der Waals surface area (Å²) in [4.78, 5) is 16.5. The molecule has 2 N–H and O–H groups in total. The number of aliphatic hydroxyl groups is 1. The Bertz CT molecular complexity index is 605. The summed E-state index contributed by atoms with van der Waals surface area (Å²) in [5.41, 5.74) is 3.61. The van der Waals surface area contributed by atoms with Crippen molar-refractivity contribution < 1.29 is 9.90 Å². The van der Waals surface area contributed by atoms with Crippen molar-refractivity contribution in [3.05, 3.63) is 53.1 Å². The van der Waals surface area contributed by atoms with Crippen molar-refractivity contribution in [2.24, 2.45) is 0 Å². The van der Waals surface area contributed by atoms with Crippen molar-refractivity contribution in [1.82, 2.24) is 14.9 Å². The fraction of sp³-hybridized carbons (Fsp3) is 0.375. The number of pyridine rings is 1. The molecule has 5 heteroatoms. The Morgan fingerprint density at radius 3 is 2.86 bits per heavy atom. The number of aromatic nitrogens is 2. The highest BCUT2D eigenvalue weighted by Gasteiger charge is 2.15. The van der Waals surface area contributed by atoms with Crippen LogP contribution in [0.3, 0.4) is 0 Å². The van der Waals surface area contributed by atoms with Gasteiger partial charge in [-0.1, -0.05) is 6.07 Å². The van der Waals surface area contributed by atoms with Crippen molar-refractivity contribution in [3.63, 3.8) is 0 Å². The molecule has 0 radical (unpaired) electrons. The summed E-state index contributed by atoms with van der Waals surface area (Å²) in [6.07, 6.45) is 2.34. The summed E-state index contributed by atoms with van der Waals surface area (Å²) in [5.74, 6) is -0.0937. The van der Waals surface area contributed by atoms with Crippen molar-refractivity contribution in [3.8, 4) is 0 Å². The van der Waals surface area contributed by atoms with Crippen LogP contribution in [0.5, 0.6) is 0 Å². The van der Waals surface area contributed by atoms with Gasteiger partial charge in [0.15, 0.2) is 0 Å². The van der Waals surface area contributed by atoms with E-state index < -0.39 is 0 Å². The molecule has 0 spiro atoms. The quantitative estimate of drug-likeness (QED) is 0.794. The van der Waals surface area contributed by atoms with Gasteiger partial charge in [0, 0.05) is 30.7 Å². The zero-order valence-electron chi connectivity index (χ0n) is 12.5. The van der Waals surface area contributed by atoms with Gasteiger partial charge in [0.2, 0.25) is 0 Å². The van der Waals surface area contributed by atoms with Crippen LogP contribution < -0.4 is 5.32 Å². The molecule has 21 heavy (non-hydrogen) atoms. The number of aryl methyl sites for hydroxylation is 1. The minimum absolute atomic E-state index is 0.0823. The highest BCUT2D eigenvalue weighted by atomic mass is 16.3. The second-order valence-corrected chi connectivity index (χ2v) is 5.03. The second-order valence-electron chi connectivity index (χ2n) is 5.03. The van der Waals surface area contributed by atoms with Gasteiger partial charge in [0.25, 0.3) is 5.91 Å². The standard InChI is InChI=1S/C16H21N3O2/c1-12-10-15(16(21)18-8-5-9-20)13(2)19(12)11-14-6-3-4-7-17-14/h3-4,6-7,10,20H,5,8-9,11H2,1-2H3,(H,18,21). The molecular formula is C16H21N3O2. The van der Waals surface area contributed by atoms with Crippen LogP contribution in [-0.4, -0.2) is 33.7 Å². The van der Waals surface area contributed by atoms with E-state index in [1.54, 1.807) is 6.20 Å². The molecule has 0 saturated heterocycles. The molecule has 0 unspecified atom stereocenters. The number of hydrogen-bond donors (Lipinski definition) is 2. The number of nitrogens with zero attached hydrogens (tertiary/aromatic N) is 2. The molecule has 0 aliphatic rings. The van der Waals surface area contributed by atoms with Crippen LogP contribution in [0.1, 0.15) is 33.9 Å². The van der Waals surface area contributed by atoms with E-state index in [4.69, 9.17) is 5.11 Å². The Morgan fingerprint density at radius 2 is 2.19 bits per heavy atom. The Hall–Kier alpha value is -2.14. The van der Waals surface area contributed by atoms with Crippen LogP contribution in [0.25, 0.3) is 0 Å². The first-order chi connectivity index (χ1) is 10.1. The third-order valence-electron chi connectivity index (χ3n) is 3.48. The van der Waals surface area contributed by atoms with Crippen molar-refractivity contribution in [2.75, 3.05) is 13.2 Å². The molecule has 0 bridgehead atoms. The molecule has 1 amide bonds. The molecule has 112 valence electrons. The van der Waals surface area contributed by atoms with E-state index in [-0.39, 0.29) is 12.5 Å². The molecule has 0 aromatic carbocycles. The predicted molar refractivity (Wildman–Crippen MR) is 81.3 cm³/mol. The van der Waals surface area contributed by atoms with Crippen LogP contribution >= 0.6 is 0 Å². The summed E-state index contributed by atoms with van der Waals surface area (Å²) < 4.78 is 2.09. The first-order valence-electron chi connectivity index (χ1n) is 7.09. The average Bonchev–Trinajstić information content (AvgIpc) is 2.77. The molecule has 0 aliphatic carbocycles. The molecular weight excluding hydrogens is 266 g/mol. The molecule has 2 aromatic rings. The van der Waals surface area contributed by atoms with Crippen LogP contribution in [0.4, 0.5) is 0 Å². The highest BCUT2D eigenvalue weighted by Crippen LogP contribution is 2.16. The van der Waals surface area contributed by atoms with Gasteiger partial charge in [-0.15, -0.1) is 0 Å². The summed E-state index contributed by atoms with van der Waals surface area (Å²) in [6.45, 7) is 5.15. The Labute approximate surface area is 124 Å². The fourth-order valence-electron chi connectivity index (χ4n) is 2.30. The molecule has 2 rings (SSSR count). The molecule has 0 saturated carbocycles. The molecule has 2 heterocycles. The van der Waals surface area contributed by atoms with Gasteiger partial charge < -0.3 is 15.0 Å². The Kier molecular flexibility index (Phi) is 5.11. The van der Waals surface area contributed by atoms with Crippen LogP contribution in [-0.2, 0) is 6.54 Å². The van der Waals surface area contributed by atoms with Gasteiger partial charge >= 0.3 is 0 Å². The highest BCUT2D eigenvalue weighted by molar-refractivity contribution is 5.95. The number of rotatable bonds is 6. The lowest BCUT2D eigenvalue weighted by Crippen LogP contribution is -2.25. The molecule has 5 nitrogen and oxygen atoms in total. The van der Waals surface area contributed by atoms with E-state index in [0.717, 1.165) is 17.1 Å². The Balaban J connectivity index is 2.15. The number of carbonyl (C=O) groups excluding carboxylic acids is 1. The van der Waals surface area contributed by atoms with Crippen LogP contribution in [0.2, 0.25) is 0 Å². The number of aliphatic hydroxyl groups excluding tert-OH is 1. The van der Waals surface area contributed by atoms with Crippen LogP contribution in [0, 0.1) is 13.8 Å². The van der Waals surface area contributed by atoms with Crippen molar-refractivity contribution >= 4 is 5.91 Å². The minimum atomic E-state index is -0.0937. The van der Waals surface area contributed by atoms with E-state index in [1.807, 2.05) is 38.1 Å². The summed E-state index contributed by atoms with van der Waals surface area (Å²) in [7, 11) is 0. The Morgan fingerprint density at radius 1 is 1.38 bits per heavy atom. The lowest BCUT2D eigenvalue weighted by atomic mass is 10.2. The molecule has 0 atom stereocenters. The second kappa shape index (κ2) is 7.04. The van der Waals surface area contributed by atoms with Gasteiger partial charge in [-0.3, -0.25) is 9.78 Å². The maximum atomic E-state index is 12.1. The maximum absolute atomic E-state index is 12.1. The fourth-order valence-corrected chi connectivity index (χ4v) is 2.30. The van der Waals surface area contributed by atoms with E-state index in [0.29, 0.717) is 25.1 Å². The van der Waals surface area contributed by atoms with E-state index >= 15 is 0 Å². The van der Waals surface area contributed by atoms with Gasteiger partial charge in [-0.25, -0.2) is 0 Å².